The Labute approximate surface area is 182 Å². The minimum atomic E-state index is -0.400. The molecule has 0 radical (unpaired) electrons. The number of rotatable bonds is 5. The maximum absolute atomic E-state index is 12.0. The van der Waals surface area contributed by atoms with Gasteiger partial charge in [-0.25, -0.2) is 4.68 Å². The molecular weight excluding hydrogens is 384 g/mol. The summed E-state index contributed by atoms with van der Waals surface area (Å²) in [5.41, 5.74) is 13.3. The first kappa shape index (κ1) is 20.5. The van der Waals surface area contributed by atoms with Crippen molar-refractivity contribution in [2.24, 2.45) is 5.73 Å². The van der Waals surface area contributed by atoms with Crippen molar-refractivity contribution in [3.8, 4) is 11.1 Å². The molecule has 31 heavy (non-hydrogen) atoms. The van der Waals surface area contributed by atoms with Gasteiger partial charge in [0.2, 0.25) is 5.91 Å². The van der Waals surface area contributed by atoms with Crippen molar-refractivity contribution in [2.45, 2.75) is 33.6 Å². The van der Waals surface area contributed by atoms with Crippen LogP contribution < -0.4 is 5.73 Å². The van der Waals surface area contributed by atoms with Crippen LogP contribution in [0.2, 0.25) is 0 Å². The van der Waals surface area contributed by atoms with Crippen LogP contribution in [-0.2, 0) is 0 Å². The number of hydrogen-bond acceptors (Lipinski definition) is 3. The second kappa shape index (κ2) is 8.19. The quantitative estimate of drug-likeness (QED) is 0.468. The molecule has 0 aliphatic heterocycles. The first-order valence-electron chi connectivity index (χ1n) is 10.4. The number of nitrogens with two attached hydrogens (primary N) is 1. The molecule has 2 aromatic carbocycles. The second-order valence-corrected chi connectivity index (χ2v) is 8.15. The van der Waals surface area contributed by atoms with E-state index in [-0.39, 0.29) is 5.92 Å². The van der Waals surface area contributed by atoms with Gasteiger partial charge in [-0.2, -0.15) is 5.10 Å². The number of aromatic nitrogens is 3. The molecule has 4 aromatic rings. The Morgan fingerprint density at radius 3 is 2.48 bits per heavy atom. The first-order valence-corrected chi connectivity index (χ1v) is 10.4. The van der Waals surface area contributed by atoms with Crippen molar-refractivity contribution in [2.75, 3.05) is 0 Å². The Kier molecular flexibility index (Phi) is 5.42. The number of aryl methyl sites for hydroxylation is 2. The molecule has 5 nitrogen and oxygen atoms in total. The summed E-state index contributed by atoms with van der Waals surface area (Å²) in [4.78, 5) is 16.4. The summed E-state index contributed by atoms with van der Waals surface area (Å²) >= 11 is 0. The van der Waals surface area contributed by atoms with Gasteiger partial charge < -0.3 is 5.73 Å². The molecule has 0 aliphatic carbocycles. The molecule has 2 heterocycles. The van der Waals surface area contributed by atoms with Gasteiger partial charge in [0.15, 0.2) is 0 Å². The number of nitrogens with zero attached hydrogens (tertiary/aromatic N) is 3. The number of pyridine rings is 1. The van der Waals surface area contributed by atoms with Crippen molar-refractivity contribution in [3.05, 3.63) is 82.8 Å². The van der Waals surface area contributed by atoms with Gasteiger partial charge in [-0.15, -0.1) is 0 Å². The van der Waals surface area contributed by atoms with Gasteiger partial charge in [-0.3, -0.25) is 9.78 Å². The van der Waals surface area contributed by atoms with Crippen LogP contribution in [0.1, 0.15) is 52.6 Å². The van der Waals surface area contributed by atoms with E-state index in [1.807, 2.05) is 61.3 Å². The van der Waals surface area contributed by atoms with E-state index in [0.717, 1.165) is 44.5 Å². The van der Waals surface area contributed by atoms with Crippen molar-refractivity contribution in [1.82, 2.24) is 14.8 Å². The van der Waals surface area contributed by atoms with Gasteiger partial charge in [0, 0.05) is 28.5 Å². The summed E-state index contributed by atoms with van der Waals surface area (Å²) in [5.74, 6) is -0.236. The van der Waals surface area contributed by atoms with E-state index in [0.29, 0.717) is 5.56 Å². The van der Waals surface area contributed by atoms with Gasteiger partial charge in [0.1, 0.15) is 0 Å². The highest BCUT2D eigenvalue weighted by molar-refractivity contribution is 5.97. The maximum atomic E-state index is 12.0. The topological polar surface area (TPSA) is 73.8 Å². The zero-order valence-corrected chi connectivity index (χ0v) is 18.3. The summed E-state index contributed by atoms with van der Waals surface area (Å²) in [5, 5.41) is 5.58. The van der Waals surface area contributed by atoms with E-state index in [9.17, 15) is 4.79 Å². The molecule has 0 fully saturated rings. The molecule has 2 aromatic heterocycles. The van der Waals surface area contributed by atoms with Gasteiger partial charge in [0.25, 0.3) is 0 Å². The Hall–Kier alpha value is -3.73. The highest BCUT2D eigenvalue weighted by Gasteiger charge is 2.17. The van der Waals surface area contributed by atoms with E-state index < -0.39 is 5.91 Å². The number of fused-ring (bicyclic) bond motifs is 1. The van der Waals surface area contributed by atoms with Gasteiger partial charge in [-0.1, -0.05) is 38.1 Å². The maximum Gasteiger partial charge on any atom is 0.249 e. The van der Waals surface area contributed by atoms with E-state index >= 15 is 0 Å². The highest BCUT2D eigenvalue weighted by Crippen LogP contribution is 2.33. The molecule has 0 spiro atoms. The SMILES string of the molecule is Cc1cc(C=Cn2ncc3ccc(-c4cccc(C(N)=O)c4C(C)C)cc32)cc(C)n1. The molecule has 0 saturated heterocycles. The van der Waals surface area contributed by atoms with E-state index in [1.54, 1.807) is 6.07 Å². The Balaban J connectivity index is 1.80. The number of amides is 1. The lowest BCUT2D eigenvalue weighted by molar-refractivity contribution is 0.0999. The second-order valence-electron chi connectivity index (χ2n) is 8.15. The van der Waals surface area contributed by atoms with Gasteiger partial charge in [0.05, 0.1) is 11.7 Å². The number of benzene rings is 2. The lowest BCUT2D eigenvalue weighted by Gasteiger charge is -2.16. The van der Waals surface area contributed by atoms with E-state index in [2.05, 4.69) is 42.1 Å². The molecule has 0 unspecified atom stereocenters. The third-order valence-electron chi connectivity index (χ3n) is 5.37. The fourth-order valence-corrected chi connectivity index (χ4v) is 4.10. The molecule has 1 amide bonds. The lowest BCUT2D eigenvalue weighted by Crippen LogP contribution is -2.15. The average Bonchev–Trinajstić information content (AvgIpc) is 3.13. The van der Waals surface area contributed by atoms with Crippen LogP contribution >= 0.6 is 0 Å². The van der Waals surface area contributed by atoms with Crippen molar-refractivity contribution in [3.63, 3.8) is 0 Å². The summed E-state index contributed by atoms with van der Waals surface area (Å²) < 4.78 is 1.87. The first-order chi connectivity index (χ1) is 14.8. The molecule has 0 saturated carbocycles. The van der Waals surface area contributed by atoms with Crippen LogP contribution in [0, 0.1) is 13.8 Å². The fraction of sp³-hybridized carbons (Fsp3) is 0.192. The van der Waals surface area contributed by atoms with Gasteiger partial charge in [-0.05, 0) is 72.4 Å². The zero-order chi connectivity index (χ0) is 22.1. The minimum absolute atomic E-state index is 0.164. The molecule has 0 atom stereocenters. The predicted molar refractivity (Wildman–Crippen MR) is 127 cm³/mol. The van der Waals surface area contributed by atoms with Crippen LogP contribution in [0.3, 0.4) is 0 Å². The van der Waals surface area contributed by atoms with Crippen LogP contribution in [0.25, 0.3) is 34.3 Å². The molecule has 0 aliphatic rings. The Bertz CT molecular complexity index is 1290. The molecule has 0 bridgehead atoms. The van der Waals surface area contributed by atoms with Crippen LogP contribution in [0.4, 0.5) is 0 Å². The largest absolute Gasteiger partial charge is 0.366 e. The summed E-state index contributed by atoms with van der Waals surface area (Å²) in [6.45, 7) is 8.14. The molecule has 2 N–H and O–H groups in total. The normalized spacial score (nSPS) is 11.6. The predicted octanol–water partition coefficient (Wildman–Crippen LogP) is 5.57. The van der Waals surface area contributed by atoms with Crippen LogP contribution in [-0.4, -0.2) is 20.7 Å². The number of carbonyl (C=O) groups excluding carboxylic acids is 1. The summed E-state index contributed by atoms with van der Waals surface area (Å²) in [6.07, 6.45) is 5.85. The van der Waals surface area contributed by atoms with Crippen LogP contribution in [0.15, 0.2) is 54.7 Å². The molecule has 4 rings (SSSR count). The lowest BCUT2D eigenvalue weighted by atomic mass is 9.88. The zero-order valence-electron chi connectivity index (χ0n) is 18.3. The minimum Gasteiger partial charge on any atom is -0.366 e. The third-order valence-corrected chi connectivity index (χ3v) is 5.37. The molecule has 156 valence electrons. The van der Waals surface area contributed by atoms with E-state index in [4.69, 9.17) is 5.73 Å². The Morgan fingerprint density at radius 1 is 1.06 bits per heavy atom. The Morgan fingerprint density at radius 2 is 1.81 bits per heavy atom. The number of primary amides is 1. The van der Waals surface area contributed by atoms with Crippen molar-refractivity contribution in [1.29, 1.82) is 0 Å². The average molecular weight is 411 g/mol. The fourth-order valence-electron chi connectivity index (χ4n) is 4.10. The van der Waals surface area contributed by atoms with Crippen molar-refractivity contribution >= 4 is 29.1 Å². The van der Waals surface area contributed by atoms with Crippen LogP contribution in [0.5, 0.6) is 0 Å². The third kappa shape index (κ3) is 4.12. The van der Waals surface area contributed by atoms with Gasteiger partial charge >= 0.3 is 0 Å². The number of carbonyl (C=O) groups is 1. The summed E-state index contributed by atoms with van der Waals surface area (Å²) in [7, 11) is 0. The smallest absolute Gasteiger partial charge is 0.249 e. The monoisotopic (exact) mass is 410 g/mol. The molecule has 5 heteroatoms. The highest BCUT2D eigenvalue weighted by atomic mass is 16.1. The number of hydrogen-bond donors (Lipinski definition) is 1. The molecular formula is C26H26N4O. The van der Waals surface area contributed by atoms with Crippen molar-refractivity contribution < 1.29 is 4.79 Å². The standard InChI is InChI=1S/C26H26N4O/c1-16(2)25-22(6-5-7-23(25)26(27)31)20-8-9-21-15-28-30(24(21)14-20)11-10-19-12-17(3)29-18(4)13-19/h5-16H,1-4H3,(H2,27,31). The summed E-state index contributed by atoms with van der Waals surface area (Å²) in [6, 6.07) is 16.1. The van der Waals surface area contributed by atoms with E-state index in [1.165, 1.54) is 0 Å².